The summed E-state index contributed by atoms with van der Waals surface area (Å²) in [5.74, 6) is -0.315. The lowest BCUT2D eigenvalue weighted by molar-refractivity contribution is -0.132. The number of anilines is 2. The van der Waals surface area contributed by atoms with Crippen molar-refractivity contribution in [3.8, 4) is 0 Å². The minimum atomic E-state index is -0.398. The normalized spacial score (nSPS) is 14.3. The van der Waals surface area contributed by atoms with Crippen molar-refractivity contribution >= 4 is 23.3 Å². The van der Waals surface area contributed by atoms with Crippen LogP contribution in [0.2, 0.25) is 0 Å². The predicted octanol–water partition coefficient (Wildman–Crippen LogP) is 3.09. The van der Waals surface area contributed by atoms with Crippen molar-refractivity contribution in [3.63, 3.8) is 0 Å². The van der Waals surface area contributed by atoms with E-state index in [0.29, 0.717) is 37.3 Å². The van der Waals surface area contributed by atoms with E-state index in [1.807, 2.05) is 25.1 Å². The monoisotopic (exact) mass is 370 g/mol. The maximum atomic E-state index is 13.0. The molecule has 0 spiro atoms. The SMILES string of the molecule is CC(N)CC(=O)N1CCc2c(cccc2NC(=O)Nc2ccc(F)cc2)C1. The van der Waals surface area contributed by atoms with Crippen LogP contribution in [0.1, 0.15) is 24.5 Å². The topological polar surface area (TPSA) is 87.5 Å². The zero-order valence-electron chi connectivity index (χ0n) is 15.2. The van der Waals surface area contributed by atoms with E-state index in [4.69, 9.17) is 5.73 Å². The van der Waals surface area contributed by atoms with Crippen LogP contribution in [0.15, 0.2) is 42.5 Å². The Morgan fingerprint density at radius 1 is 1.19 bits per heavy atom. The van der Waals surface area contributed by atoms with Gasteiger partial charge in [0.05, 0.1) is 0 Å². The summed E-state index contributed by atoms with van der Waals surface area (Å²) in [6, 6.07) is 10.7. The summed E-state index contributed by atoms with van der Waals surface area (Å²) in [6.45, 7) is 2.92. The summed E-state index contributed by atoms with van der Waals surface area (Å²) < 4.78 is 13.0. The van der Waals surface area contributed by atoms with E-state index in [1.165, 1.54) is 24.3 Å². The number of nitrogens with two attached hydrogens (primary N) is 1. The Balaban J connectivity index is 1.67. The van der Waals surface area contributed by atoms with Crippen LogP contribution in [0.5, 0.6) is 0 Å². The number of benzene rings is 2. The maximum absolute atomic E-state index is 13.0. The second kappa shape index (κ2) is 8.18. The molecule has 1 atom stereocenters. The molecule has 2 aromatic rings. The average Bonchev–Trinajstić information content (AvgIpc) is 2.63. The van der Waals surface area contributed by atoms with Gasteiger partial charge in [0.1, 0.15) is 5.82 Å². The Morgan fingerprint density at radius 2 is 1.93 bits per heavy atom. The number of urea groups is 1. The summed E-state index contributed by atoms with van der Waals surface area (Å²) in [5.41, 5.74) is 8.98. The number of halogens is 1. The van der Waals surface area contributed by atoms with Gasteiger partial charge in [-0.3, -0.25) is 4.79 Å². The Morgan fingerprint density at radius 3 is 2.63 bits per heavy atom. The predicted molar refractivity (Wildman–Crippen MR) is 103 cm³/mol. The number of amides is 3. The molecule has 4 N–H and O–H groups in total. The summed E-state index contributed by atoms with van der Waals surface area (Å²) >= 11 is 0. The molecule has 0 radical (unpaired) electrons. The molecule has 0 saturated carbocycles. The Labute approximate surface area is 157 Å². The highest BCUT2D eigenvalue weighted by Gasteiger charge is 2.23. The first kappa shape index (κ1) is 18.8. The molecule has 0 aromatic heterocycles. The molecule has 3 rings (SSSR count). The van der Waals surface area contributed by atoms with Crippen LogP contribution in [-0.4, -0.2) is 29.4 Å². The molecule has 1 aliphatic rings. The van der Waals surface area contributed by atoms with Gasteiger partial charge in [0.15, 0.2) is 0 Å². The van der Waals surface area contributed by atoms with Gasteiger partial charge in [0.2, 0.25) is 5.91 Å². The summed E-state index contributed by atoms with van der Waals surface area (Å²) in [5, 5.41) is 5.52. The fourth-order valence-electron chi connectivity index (χ4n) is 3.16. The Kier molecular flexibility index (Phi) is 5.71. The van der Waals surface area contributed by atoms with Gasteiger partial charge < -0.3 is 21.3 Å². The smallest absolute Gasteiger partial charge is 0.323 e. The number of hydrogen-bond acceptors (Lipinski definition) is 3. The minimum Gasteiger partial charge on any atom is -0.338 e. The zero-order chi connectivity index (χ0) is 19.4. The molecule has 27 heavy (non-hydrogen) atoms. The van der Waals surface area contributed by atoms with Crippen LogP contribution in [0.4, 0.5) is 20.6 Å². The number of carbonyl (C=O) groups excluding carboxylic acids is 2. The first-order valence-corrected chi connectivity index (χ1v) is 8.90. The number of nitrogens with zero attached hydrogens (tertiary/aromatic N) is 1. The van der Waals surface area contributed by atoms with Crippen LogP contribution < -0.4 is 16.4 Å². The van der Waals surface area contributed by atoms with E-state index in [2.05, 4.69) is 10.6 Å². The molecule has 1 unspecified atom stereocenters. The number of fused-ring (bicyclic) bond motifs is 1. The molecular weight excluding hydrogens is 347 g/mol. The van der Waals surface area contributed by atoms with Crippen molar-refractivity contribution in [1.82, 2.24) is 4.90 Å². The van der Waals surface area contributed by atoms with Crippen molar-refractivity contribution in [2.45, 2.75) is 32.4 Å². The van der Waals surface area contributed by atoms with E-state index >= 15 is 0 Å². The largest absolute Gasteiger partial charge is 0.338 e. The zero-order valence-corrected chi connectivity index (χ0v) is 15.2. The quantitative estimate of drug-likeness (QED) is 0.773. The molecule has 2 aromatic carbocycles. The number of carbonyl (C=O) groups is 2. The number of rotatable bonds is 4. The highest BCUT2D eigenvalue weighted by atomic mass is 19.1. The van der Waals surface area contributed by atoms with E-state index in [9.17, 15) is 14.0 Å². The molecule has 6 nitrogen and oxygen atoms in total. The lowest BCUT2D eigenvalue weighted by Gasteiger charge is -2.30. The van der Waals surface area contributed by atoms with Crippen LogP contribution in [0, 0.1) is 5.82 Å². The first-order chi connectivity index (χ1) is 12.9. The van der Waals surface area contributed by atoms with Gasteiger partial charge in [-0.25, -0.2) is 9.18 Å². The third-order valence-electron chi connectivity index (χ3n) is 4.47. The average molecular weight is 370 g/mol. The summed E-state index contributed by atoms with van der Waals surface area (Å²) in [4.78, 5) is 26.3. The van der Waals surface area contributed by atoms with E-state index < -0.39 is 6.03 Å². The van der Waals surface area contributed by atoms with Gasteiger partial charge in [0, 0.05) is 36.9 Å². The highest BCUT2D eigenvalue weighted by Crippen LogP contribution is 2.27. The molecule has 1 heterocycles. The fourth-order valence-corrected chi connectivity index (χ4v) is 3.16. The van der Waals surface area contributed by atoms with Gasteiger partial charge in [-0.2, -0.15) is 0 Å². The standard InChI is InChI=1S/C20H23FN4O2/c1-13(22)11-19(26)25-10-9-17-14(12-25)3-2-4-18(17)24-20(27)23-16-7-5-15(21)6-8-16/h2-8,13H,9-12,22H2,1H3,(H2,23,24,27). The molecule has 0 bridgehead atoms. The lowest BCUT2D eigenvalue weighted by atomic mass is 9.97. The van der Waals surface area contributed by atoms with Crippen molar-refractivity contribution in [1.29, 1.82) is 0 Å². The lowest BCUT2D eigenvalue weighted by Crippen LogP contribution is -2.38. The molecule has 0 fully saturated rings. The Hall–Kier alpha value is -2.93. The van der Waals surface area contributed by atoms with E-state index in [0.717, 1.165) is 11.1 Å². The summed E-state index contributed by atoms with van der Waals surface area (Å²) in [6.07, 6.45) is 0.986. The molecule has 7 heteroatoms. The highest BCUT2D eigenvalue weighted by molar-refractivity contribution is 6.00. The van der Waals surface area contributed by atoms with Gasteiger partial charge in [-0.1, -0.05) is 12.1 Å². The molecule has 0 aliphatic carbocycles. The third kappa shape index (κ3) is 4.83. The molecule has 3 amide bonds. The number of hydrogen-bond donors (Lipinski definition) is 3. The van der Waals surface area contributed by atoms with Gasteiger partial charge in [-0.15, -0.1) is 0 Å². The third-order valence-corrected chi connectivity index (χ3v) is 4.47. The van der Waals surface area contributed by atoms with Crippen molar-refractivity contribution < 1.29 is 14.0 Å². The van der Waals surface area contributed by atoms with Crippen LogP contribution in [0.25, 0.3) is 0 Å². The van der Waals surface area contributed by atoms with Gasteiger partial charge in [0.25, 0.3) is 0 Å². The molecule has 0 saturated heterocycles. The van der Waals surface area contributed by atoms with Crippen LogP contribution >= 0.6 is 0 Å². The van der Waals surface area contributed by atoms with Crippen LogP contribution in [-0.2, 0) is 17.8 Å². The van der Waals surface area contributed by atoms with Crippen molar-refractivity contribution in [2.24, 2.45) is 5.73 Å². The van der Waals surface area contributed by atoms with E-state index in [1.54, 1.807) is 4.90 Å². The first-order valence-electron chi connectivity index (χ1n) is 8.90. The minimum absolute atomic E-state index is 0.0445. The molecule has 142 valence electrons. The second-order valence-corrected chi connectivity index (χ2v) is 6.78. The maximum Gasteiger partial charge on any atom is 0.323 e. The fraction of sp³-hybridized carbons (Fsp3) is 0.300. The van der Waals surface area contributed by atoms with Gasteiger partial charge >= 0.3 is 6.03 Å². The van der Waals surface area contributed by atoms with Crippen LogP contribution in [0.3, 0.4) is 0 Å². The van der Waals surface area contributed by atoms with Gasteiger partial charge in [-0.05, 0) is 54.8 Å². The molecule has 1 aliphatic heterocycles. The van der Waals surface area contributed by atoms with Crippen molar-refractivity contribution in [3.05, 3.63) is 59.4 Å². The van der Waals surface area contributed by atoms with Crippen molar-refractivity contribution in [2.75, 3.05) is 17.2 Å². The second-order valence-electron chi connectivity index (χ2n) is 6.78. The summed E-state index contributed by atoms with van der Waals surface area (Å²) in [7, 11) is 0. The Bertz CT molecular complexity index is 836. The molecular formula is C20H23FN4O2. The number of nitrogens with one attached hydrogen (secondary N) is 2. The van der Waals surface area contributed by atoms with E-state index in [-0.39, 0.29) is 17.8 Å².